The molecule has 0 unspecified atom stereocenters. The summed E-state index contributed by atoms with van der Waals surface area (Å²) in [6, 6.07) is 7.63. The molecule has 6 nitrogen and oxygen atoms in total. The third kappa shape index (κ3) is 3.82. The van der Waals surface area contributed by atoms with E-state index in [0.29, 0.717) is 23.2 Å². The zero-order valence-corrected chi connectivity index (χ0v) is 14.6. The normalized spacial score (nSPS) is 14.3. The molecule has 25 heavy (non-hydrogen) atoms. The standard InChI is InChI=1S/C19H22N4O2/c1-12-7-8-16(25-2)15(9-12)21-18-14(11-20)19(24)23-17(22-18)10-13-5-3-4-6-13/h7-9,13H,3-6,10H2,1-2H3,(H2,21,22,23,24). The Morgan fingerprint density at radius 2 is 2.16 bits per heavy atom. The van der Waals surface area contributed by atoms with Crippen LogP contribution in [-0.4, -0.2) is 17.1 Å². The number of aromatic amines is 1. The average molecular weight is 338 g/mol. The number of hydrogen-bond donors (Lipinski definition) is 2. The van der Waals surface area contributed by atoms with Crippen molar-refractivity contribution in [1.82, 2.24) is 9.97 Å². The highest BCUT2D eigenvalue weighted by molar-refractivity contribution is 5.68. The van der Waals surface area contributed by atoms with E-state index in [-0.39, 0.29) is 11.4 Å². The molecule has 1 fully saturated rings. The zero-order valence-electron chi connectivity index (χ0n) is 14.6. The van der Waals surface area contributed by atoms with Gasteiger partial charge in [0.05, 0.1) is 12.8 Å². The van der Waals surface area contributed by atoms with E-state index >= 15 is 0 Å². The Hall–Kier alpha value is -2.81. The summed E-state index contributed by atoms with van der Waals surface area (Å²) < 4.78 is 5.36. The molecule has 1 heterocycles. The van der Waals surface area contributed by atoms with Crippen molar-refractivity contribution in [2.24, 2.45) is 5.92 Å². The van der Waals surface area contributed by atoms with Crippen LogP contribution >= 0.6 is 0 Å². The van der Waals surface area contributed by atoms with E-state index in [1.807, 2.05) is 31.2 Å². The number of aromatic nitrogens is 2. The summed E-state index contributed by atoms with van der Waals surface area (Å²) in [6.07, 6.45) is 5.53. The molecule has 1 aliphatic rings. The first-order chi connectivity index (χ1) is 12.1. The quantitative estimate of drug-likeness (QED) is 0.871. The van der Waals surface area contributed by atoms with Crippen molar-refractivity contribution in [3.8, 4) is 11.8 Å². The second-order valence-electron chi connectivity index (χ2n) is 6.53. The van der Waals surface area contributed by atoms with Gasteiger partial charge in [0.1, 0.15) is 17.6 Å². The van der Waals surface area contributed by atoms with E-state index in [4.69, 9.17) is 4.74 Å². The fourth-order valence-electron chi connectivity index (χ4n) is 3.35. The summed E-state index contributed by atoms with van der Waals surface area (Å²) >= 11 is 0. The molecule has 1 aromatic heterocycles. The summed E-state index contributed by atoms with van der Waals surface area (Å²) in [5.41, 5.74) is 1.31. The number of nitrogens with one attached hydrogen (secondary N) is 2. The number of anilines is 2. The van der Waals surface area contributed by atoms with E-state index in [0.717, 1.165) is 24.8 Å². The molecule has 0 atom stereocenters. The number of hydrogen-bond acceptors (Lipinski definition) is 5. The number of nitriles is 1. The number of ether oxygens (including phenoxy) is 1. The molecule has 3 rings (SSSR count). The lowest BCUT2D eigenvalue weighted by Gasteiger charge is -2.14. The molecular formula is C19H22N4O2. The second-order valence-corrected chi connectivity index (χ2v) is 6.53. The number of rotatable bonds is 5. The Morgan fingerprint density at radius 1 is 1.40 bits per heavy atom. The topological polar surface area (TPSA) is 90.8 Å². The predicted molar refractivity (Wildman–Crippen MR) is 96.2 cm³/mol. The van der Waals surface area contributed by atoms with Crippen molar-refractivity contribution < 1.29 is 4.74 Å². The highest BCUT2D eigenvalue weighted by atomic mass is 16.5. The molecule has 0 aliphatic heterocycles. The van der Waals surface area contributed by atoms with Crippen LogP contribution in [0.15, 0.2) is 23.0 Å². The summed E-state index contributed by atoms with van der Waals surface area (Å²) in [5, 5.41) is 12.5. The monoisotopic (exact) mass is 338 g/mol. The van der Waals surface area contributed by atoms with Gasteiger partial charge in [0.25, 0.3) is 5.56 Å². The number of aryl methyl sites for hydroxylation is 1. The van der Waals surface area contributed by atoms with Crippen molar-refractivity contribution in [1.29, 1.82) is 5.26 Å². The molecule has 1 saturated carbocycles. The van der Waals surface area contributed by atoms with Gasteiger partial charge in [-0.1, -0.05) is 31.7 Å². The molecular weight excluding hydrogens is 316 g/mol. The fourth-order valence-corrected chi connectivity index (χ4v) is 3.35. The predicted octanol–water partition coefficient (Wildman–Crippen LogP) is 3.43. The molecule has 1 aliphatic carbocycles. The fraction of sp³-hybridized carbons (Fsp3) is 0.421. The maximum Gasteiger partial charge on any atom is 0.271 e. The second kappa shape index (κ2) is 7.39. The number of nitrogens with zero attached hydrogens (tertiary/aromatic N) is 2. The average Bonchev–Trinajstić information content (AvgIpc) is 3.08. The molecule has 6 heteroatoms. The minimum Gasteiger partial charge on any atom is -0.495 e. The SMILES string of the molecule is COc1ccc(C)cc1Nc1nc(CC2CCCC2)[nH]c(=O)c1C#N. The Labute approximate surface area is 146 Å². The van der Waals surface area contributed by atoms with Crippen LogP contribution in [0.25, 0.3) is 0 Å². The van der Waals surface area contributed by atoms with Crippen LogP contribution in [0.4, 0.5) is 11.5 Å². The highest BCUT2D eigenvalue weighted by Crippen LogP contribution is 2.30. The van der Waals surface area contributed by atoms with Gasteiger partial charge in [0, 0.05) is 6.42 Å². The van der Waals surface area contributed by atoms with Crippen molar-refractivity contribution in [2.75, 3.05) is 12.4 Å². The zero-order chi connectivity index (χ0) is 17.8. The van der Waals surface area contributed by atoms with Gasteiger partial charge in [-0.2, -0.15) is 5.26 Å². The van der Waals surface area contributed by atoms with Crippen LogP contribution in [-0.2, 0) is 6.42 Å². The van der Waals surface area contributed by atoms with Crippen LogP contribution < -0.4 is 15.6 Å². The molecule has 2 aromatic rings. The van der Waals surface area contributed by atoms with Crippen LogP contribution in [0.1, 0.15) is 42.6 Å². The summed E-state index contributed by atoms with van der Waals surface area (Å²) in [7, 11) is 1.58. The summed E-state index contributed by atoms with van der Waals surface area (Å²) in [5.74, 6) is 2.10. The maximum absolute atomic E-state index is 12.3. The molecule has 1 aromatic carbocycles. The number of methoxy groups -OCH3 is 1. The first-order valence-corrected chi connectivity index (χ1v) is 8.55. The van der Waals surface area contributed by atoms with Gasteiger partial charge in [-0.3, -0.25) is 4.79 Å². The molecule has 0 saturated heterocycles. The van der Waals surface area contributed by atoms with Gasteiger partial charge in [-0.15, -0.1) is 0 Å². The Kier molecular flexibility index (Phi) is 5.03. The van der Waals surface area contributed by atoms with Crippen LogP contribution in [0.2, 0.25) is 0 Å². The smallest absolute Gasteiger partial charge is 0.271 e. The minimum atomic E-state index is -0.403. The van der Waals surface area contributed by atoms with Crippen molar-refractivity contribution >= 4 is 11.5 Å². The molecule has 130 valence electrons. The van der Waals surface area contributed by atoms with Crippen molar-refractivity contribution in [3.63, 3.8) is 0 Å². The van der Waals surface area contributed by atoms with Crippen LogP contribution in [0.5, 0.6) is 5.75 Å². The number of H-pyrrole nitrogens is 1. The lowest BCUT2D eigenvalue weighted by atomic mass is 10.0. The van der Waals surface area contributed by atoms with Crippen molar-refractivity contribution in [2.45, 2.75) is 39.0 Å². The van der Waals surface area contributed by atoms with Gasteiger partial charge < -0.3 is 15.0 Å². The first-order valence-electron chi connectivity index (χ1n) is 8.55. The number of benzene rings is 1. The van der Waals surface area contributed by atoms with E-state index in [1.165, 1.54) is 12.8 Å². The minimum absolute atomic E-state index is 0.0151. The largest absolute Gasteiger partial charge is 0.495 e. The summed E-state index contributed by atoms with van der Waals surface area (Å²) in [6.45, 7) is 1.96. The van der Waals surface area contributed by atoms with Crippen LogP contribution in [0.3, 0.4) is 0 Å². The van der Waals surface area contributed by atoms with E-state index in [9.17, 15) is 10.1 Å². The van der Waals surface area contributed by atoms with E-state index in [2.05, 4.69) is 15.3 Å². The Bertz CT molecular complexity index is 861. The lowest BCUT2D eigenvalue weighted by Crippen LogP contribution is -2.19. The molecule has 0 bridgehead atoms. The Morgan fingerprint density at radius 3 is 2.84 bits per heavy atom. The third-order valence-electron chi connectivity index (χ3n) is 4.65. The lowest BCUT2D eigenvalue weighted by molar-refractivity contribution is 0.416. The first kappa shape index (κ1) is 17.0. The van der Waals surface area contributed by atoms with Gasteiger partial charge in [0.2, 0.25) is 0 Å². The van der Waals surface area contributed by atoms with Gasteiger partial charge in [0.15, 0.2) is 11.4 Å². The van der Waals surface area contributed by atoms with Gasteiger partial charge in [-0.05, 0) is 30.5 Å². The van der Waals surface area contributed by atoms with E-state index in [1.54, 1.807) is 7.11 Å². The molecule has 0 spiro atoms. The van der Waals surface area contributed by atoms with E-state index < -0.39 is 5.56 Å². The van der Waals surface area contributed by atoms with Crippen LogP contribution in [0, 0.1) is 24.2 Å². The molecule has 0 amide bonds. The van der Waals surface area contributed by atoms with Gasteiger partial charge >= 0.3 is 0 Å². The highest BCUT2D eigenvalue weighted by Gasteiger charge is 2.19. The molecule has 2 N–H and O–H groups in total. The maximum atomic E-state index is 12.3. The summed E-state index contributed by atoms with van der Waals surface area (Å²) in [4.78, 5) is 19.6. The molecule has 0 radical (unpaired) electrons. The van der Waals surface area contributed by atoms with Crippen molar-refractivity contribution in [3.05, 3.63) is 45.5 Å². The van der Waals surface area contributed by atoms with Gasteiger partial charge in [-0.25, -0.2) is 4.98 Å². The third-order valence-corrected chi connectivity index (χ3v) is 4.65. The Balaban J connectivity index is 1.96.